The number of aryl methyl sites for hydroxylation is 2. The van der Waals surface area contributed by atoms with Gasteiger partial charge in [-0.25, -0.2) is 0 Å². The fourth-order valence-corrected chi connectivity index (χ4v) is 3.07. The number of nitrogens with zero attached hydrogens (tertiary/aromatic N) is 3. The Kier molecular flexibility index (Phi) is 6.04. The maximum atomic E-state index is 12.0. The first kappa shape index (κ1) is 17.5. The topological polar surface area (TPSA) is 69.0 Å². The number of hydrogen-bond donors (Lipinski definition) is 1. The zero-order valence-corrected chi connectivity index (χ0v) is 14.8. The highest BCUT2D eigenvalue weighted by Crippen LogP contribution is 2.14. The maximum absolute atomic E-state index is 12.0. The van der Waals surface area contributed by atoms with Gasteiger partial charge in [0.1, 0.15) is 11.6 Å². The second kappa shape index (κ2) is 8.65. The standard InChI is InChI=1S/C19H26N4O2/c1-15-7-5-8-16(13-15)25-12-6-10-19(24)20-14-18-22-21-17-9-3-2-4-11-23(17)18/h5,7-8,13H,2-4,6,9-12,14H2,1H3,(H,20,24). The number of fused-ring (bicyclic) bond motifs is 1. The Hall–Kier alpha value is -2.37. The van der Waals surface area contributed by atoms with Crippen molar-refractivity contribution >= 4 is 5.91 Å². The Morgan fingerprint density at radius 3 is 3.08 bits per heavy atom. The molecule has 2 heterocycles. The third-order valence-electron chi connectivity index (χ3n) is 4.44. The van der Waals surface area contributed by atoms with E-state index in [1.165, 1.54) is 18.4 Å². The fraction of sp³-hybridized carbons (Fsp3) is 0.526. The molecular formula is C19H26N4O2. The van der Waals surface area contributed by atoms with E-state index in [2.05, 4.69) is 20.1 Å². The number of ether oxygens (including phenoxy) is 1. The molecular weight excluding hydrogens is 316 g/mol. The molecule has 1 aliphatic heterocycles. The molecule has 1 aromatic heterocycles. The molecule has 0 bridgehead atoms. The molecule has 134 valence electrons. The van der Waals surface area contributed by atoms with Gasteiger partial charge in [-0.2, -0.15) is 0 Å². The molecule has 0 aliphatic carbocycles. The van der Waals surface area contributed by atoms with E-state index < -0.39 is 0 Å². The van der Waals surface area contributed by atoms with Gasteiger partial charge in [0, 0.05) is 19.4 Å². The lowest BCUT2D eigenvalue weighted by atomic mass is 10.2. The molecule has 3 rings (SSSR count). The van der Waals surface area contributed by atoms with Crippen LogP contribution in [0.25, 0.3) is 0 Å². The van der Waals surface area contributed by atoms with Crippen molar-refractivity contribution in [2.75, 3.05) is 6.61 Å². The number of carbonyl (C=O) groups is 1. The van der Waals surface area contributed by atoms with E-state index in [9.17, 15) is 4.79 Å². The van der Waals surface area contributed by atoms with Gasteiger partial charge in [-0.15, -0.1) is 10.2 Å². The first-order chi connectivity index (χ1) is 12.2. The van der Waals surface area contributed by atoms with Crippen LogP contribution in [-0.2, 0) is 24.3 Å². The molecule has 6 heteroatoms. The van der Waals surface area contributed by atoms with Crippen LogP contribution in [0.2, 0.25) is 0 Å². The second-order valence-electron chi connectivity index (χ2n) is 6.54. The van der Waals surface area contributed by atoms with Crippen molar-refractivity contribution < 1.29 is 9.53 Å². The minimum Gasteiger partial charge on any atom is -0.494 e. The molecule has 0 saturated carbocycles. The Morgan fingerprint density at radius 2 is 2.20 bits per heavy atom. The van der Waals surface area contributed by atoms with Gasteiger partial charge in [0.05, 0.1) is 13.2 Å². The lowest BCUT2D eigenvalue weighted by molar-refractivity contribution is -0.121. The maximum Gasteiger partial charge on any atom is 0.220 e. The second-order valence-corrected chi connectivity index (χ2v) is 6.54. The first-order valence-electron chi connectivity index (χ1n) is 9.09. The van der Waals surface area contributed by atoms with E-state index in [1.54, 1.807) is 0 Å². The van der Waals surface area contributed by atoms with E-state index in [1.807, 2.05) is 31.2 Å². The van der Waals surface area contributed by atoms with Crippen molar-refractivity contribution in [3.8, 4) is 5.75 Å². The zero-order chi connectivity index (χ0) is 17.5. The minimum atomic E-state index is 0.0267. The van der Waals surface area contributed by atoms with Crippen molar-refractivity contribution in [2.45, 2.75) is 58.5 Å². The number of carbonyl (C=O) groups excluding carboxylic acids is 1. The van der Waals surface area contributed by atoms with E-state index in [4.69, 9.17) is 4.74 Å². The third-order valence-corrected chi connectivity index (χ3v) is 4.44. The molecule has 25 heavy (non-hydrogen) atoms. The molecule has 0 saturated heterocycles. The van der Waals surface area contributed by atoms with Gasteiger partial charge in [-0.05, 0) is 43.9 Å². The highest BCUT2D eigenvalue weighted by Gasteiger charge is 2.14. The molecule has 0 atom stereocenters. The van der Waals surface area contributed by atoms with Gasteiger partial charge < -0.3 is 14.6 Å². The van der Waals surface area contributed by atoms with Gasteiger partial charge in [-0.3, -0.25) is 4.79 Å². The molecule has 0 unspecified atom stereocenters. The molecule has 1 amide bonds. The normalized spacial score (nSPS) is 13.8. The first-order valence-corrected chi connectivity index (χ1v) is 9.09. The van der Waals surface area contributed by atoms with Crippen LogP contribution in [0.15, 0.2) is 24.3 Å². The lowest BCUT2D eigenvalue weighted by Gasteiger charge is -2.09. The van der Waals surface area contributed by atoms with Crippen LogP contribution >= 0.6 is 0 Å². The van der Waals surface area contributed by atoms with Crippen LogP contribution in [0.3, 0.4) is 0 Å². The van der Waals surface area contributed by atoms with E-state index in [-0.39, 0.29) is 5.91 Å². The van der Waals surface area contributed by atoms with Crippen LogP contribution in [0.5, 0.6) is 5.75 Å². The smallest absolute Gasteiger partial charge is 0.220 e. The Morgan fingerprint density at radius 1 is 1.28 bits per heavy atom. The summed E-state index contributed by atoms with van der Waals surface area (Å²) in [7, 11) is 0. The quantitative estimate of drug-likeness (QED) is 0.786. The van der Waals surface area contributed by atoms with Crippen molar-refractivity contribution in [3.05, 3.63) is 41.5 Å². The predicted octanol–water partition coefficient (Wildman–Crippen LogP) is 2.79. The van der Waals surface area contributed by atoms with E-state index in [0.29, 0.717) is 26.0 Å². The average molecular weight is 342 g/mol. The highest BCUT2D eigenvalue weighted by atomic mass is 16.5. The summed E-state index contributed by atoms with van der Waals surface area (Å²) in [6, 6.07) is 7.94. The highest BCUT2D eigenvalue weighted by molar-refractivity contribution is 5.75. The molecule has 6 nitrogen and oxygen atoms in total. The van der Waals surface area contributed by atoms with Crippen molar-refractivity contribution in [1.82, 2.24) is 20.1 Å². The summed E-state index contributed by atoms with van der Waals surface area (Å²) in [6.45, 7) is 3.98. The average Bonchev–Trinajstić information content (AvgIpc) is 2.83. The lowest BCUT2D eigenvalue weighted by Crippen LogP contribution is -2.25. The van der Waals surface area contributed by atoms with Crippen LogP contribution in [0.1, 0.15) is 49.3 Å². The Labute approximate surface area is 148 Å². The molecule has 1 N–H and O–H groups in total. The molecule has 1 aromatic carbocycles. The third kappa shape index (κ3) is 5.05. The van der Waals surface area contributed by atoms with Crippen molar-refractivity contribution in [1.29, 1.82) is 0 Å². The summed E-state index contributed by atoms with van der Waals surface area (Å²) in [4.78, 5) is 12.0. The summed E-state index contributed by atoms with van der Waals surface area (Å²) in [5.74, 6) is 2.79. The SMILES string of the molecule is Cc1cccc(OCCCC(=O)NCc2nnc3n2CCCCC3)c1. The Bertz CT molecular complexity index is 711. The Balaban J connectivity index is 1.38. The molecule has 0 radical (unpaired) electrons. The van der Waals surface area contributed by atoms with Gasteiger partial charge in [0.15, 0.2) is 5.82 Å². The molecule has 0 spiro atoms. The van der Waals surface area contributed by atoms with Gasteiger partial charge in [-0.1, -0.05) is 18.6 Å². The molecule has 0 fully saturated rings. The number of aromatic nitrogens is 3. The summed E-state index contributed by atoms with van der Waals surface area (Å²) in [5, 5.41) is 11.4. The van der Waals surface area contributed by atoms with Gasteiger partial charge >= 0.3 is 0 Å². The zero-order valence-electron chi connectivity index (χ0n) is 14.8. The van der Waals surface area contributed by atoms with Crippen LogP contribution in [-0.4, -0.2) is 27.3 Å². The number of rotatable bonds is 7. The van der Waals surface area contributed by atoms with Crippen LogP contribution < -0.4 is 10.1 Å². The summed E-state index contributed by atoms with van der Waals surface area (Å²) in [6.07, 6.45) is 5.69. The predicted molar refractivity (Wildman–Crippen MR) is 95.3 cm³/mol. The van der Waals surface area contributed by atoms with E-state index in [0.717, 1.165) is 36.8 Å². The fourth-order valence-electron chi connectivity index (χ4n) is 3.07. The monoisotopic (exact) mass is 342 g/mol. The molecule has 1 aliphatic rings. The number of benzene rings is 1. The molecule has 2 aromatic rings. The van der Waals surface area contributed by atoms with Crippen LogP contribution in [0.4, 0.5) is 0 Å². The van der Waals surface area contributed by atoms with Gasteiger partial charge in [0.25, 0.3) is 0 Å². The number of amides is 1. The van der Waals surface area contributed by atoms with Crippen molar-refractivity contribution in [3.63, 3.8) is 0 Å². The largest absolute Gasteiger partial charge is 0.494 e. The van der Waals surface area contributed by atoms with Crippen molar-refractivity contribution in [2.24, 2.45) is 0 Å². The summed E-state index contributed by atoms with van der Waals surface area (Å²) >= 11 is 0. The minimum absolute atomic E-state index is 0.0267. The van der Waals surface area contributed by atoms with Crippen LogP contribution in [0, 0.1) is 6.92 Å². The van der Waals surface area contributed by atoms with Gasteiger partial charge in [0.2, 0.25) is 5.91 Å². The number of hydrogen-bond acceptors (Lipinski definition) is 4. The number of nitrogens with one attached hydrogen (secondary N) is 1. The summed E-state index contributed by atoms with van der Waals surface area (Å²) in [5.41, 5.74) is 1.17. The summed E-state index contributed by atoms with van der Waals surface area (Å²) < 4.78 is 7.83. The van der Waals surface area contributed by atoms with E-state index >= 15 is 0 Å².